The summed E-state index contributed by atoms with van der Waals surface area (Å²) in [5.74, 6) is 1.25. The summed E-state index contributed by atoms with van der Waals surface area (Å²) >= 11 is 1.90. The van der Waals surface area contributed by atoms with Crippen LogP contribution in [-0.2, 0) is 13.0 Å². The molecule has 19 heavy (non-hydrogen) atoms. The van der Waals surface area contributed by atoms with Crippen LogP contribution in [-0.4, -0.2) is 10.5 Å². The van der Waals surface area contributed by atoms with E-state index >= 15 is 0 Å². The first-order chi connectivity index (χ1) is 8.73. The second kappa shape index (κ2) is 6.85. The Morgan fingerprint density at radius 2 is 1.84 bits per heavy atom. The third-order valence-corrected chi connectivity index (χ3v) is 4.54. The number of nitrogens with one attached hydrogen (secondary N) is 1. The molecule has 1 rings (SSSR count). The van der Waals surface area contributed by atoms with Crippen LogP contribution in [0, 0.1) is 5.92 Å². The molecule has 0 aliphatic carbocycles. The highest BCUT2D eigenvalue weighted by Gasteiger charge is 2.17. The first kappa shape index (κ1) is 16.6. The number of hydrogen-bond donors (Lipinski definition) is 1. The van der Waals surface area contributed by atoms with Crippen molar-refractivity contribution in [3.05, 3.63) is 15.6 Å². The minimum atomic E-state index is 0.162. The van der Waals surface area contributed by atoms with Gasteiger partial charge >= 0.3 is 0 Å². The Balaban J connectivity index is 2.89. The molecule has 2 nitrogen and oxygen atoms in total. The molecule has 0 bridgehead atoms. The molecule has 3 heteroatoms. The highest BCUT2D eigenvalue weighted by Crippen LogP contribution is 2.28. The monoisotopic (exact) mass is 282 g/mol. The van der Waals surface area contributed by atoms with Crippen LogP contribution in [0.1, 0.15) is 76.4 Å². The van der Waals surface area contributed by atoms with E-state index in [-0.39, 0.29) is 5.54 Å². The zero-order valence-electron chi connectivity index (χ0n) is 13.6. The van der Waals surface area contributed by atoms with E-state index in [1.54, 1.807) is 0 Å². The molecule has 1 heterocycles. The van der Waals surface area contributed by atoms with Gasteiger partial charge in [-0.05, 0) is 39.5 Å². The van der Waals surface area contributed by atoms with Crippen molar-refractivity contribution in [1.82, 2.24) is 10.3 Å². The maximum Gasteiger partial charge on any atom is 0.0959 e. The highest BCUT2D eigenvalue weighted by molar-refractivity contribution is 7.11. The van der Waals surface area contributed by atoms with E-state index in [9.17, 15) is 0 Å². The van der Waals surface area contributed by atoms with Crippen molar-refractivity contribution in [2.75, 3.05) is 0 Å². The van der Waals surface area contributed by atoms with Gasteiger partial charge < -0.3 is 5.32 Å². The number of thiazole rings is 1. The Kier molecular flexibility index (Phi) is 6.00. The zero-order valence-corrected chi connectivity index (χ0v) is 14.4. The molecule has 110 valence electrons. The van der Waals surface area contributed by atoms with Crippen molar-refractivity contribution in [3.8, 4) is 0 Å². The van der Waals surface area contributed by atoms with Crippen molar-refractivity contribution < 1.29 is 0 Å². The average molecular weight is 282 g/mol. The van der Waals surface area contributed by atoms with Crippen LogP contribution in [0.4, 0.5) is 0 Å². The average Bonchev–Trinajstić information content (AvgIpc) is 2.67. The first-order valence-electron chi connectivity index (χ1n) is 7.46. The molecule has 0 radical (unpaired) electrons. The predicted octanol–water partition coefficient (Wildman–Crippen LogP) is 4.74. The largest absolute Gasteiger partial charge is 0.307 e. The van der Waals surface area contributed by atoms with Gasteiger partial charge in [0.05, 0.1) is 10.7 Å². The number of aromatic nitrogens is 1. The fourth-order valence-corrected chi connectivity index (χ4v) is 2.99. The van der Waals surface area contributed by atoms with Crippen molar-refractivity contribution in [2.45, 2.75) is 79.3 Å². The van der Waals surface area contributed by atoms with E-state index in [4.69, 9.17) is 4.98 Å². The van der Waals surface area contributed by atoms with Crippen LogP contribution in [0.5, 0.6) is 0 Å². The van der Waals surface area contributed by atoms with Gasteiger partial charge in [0.25, 0.3) is 0 Å². The summed E-state index contributed by atoms with van der Waals surface area (Å²) in [5, 5.41) is 4.90. The van der Waals surface area contributed by atoms with Crippen molar-refractivity contribution in [2.24, 2.45) is 5.92 Å². The molecular weight excluding hydrogens is 252 g/mol. The lowest BCUT2D eigenvalue weighted by molar-refractivity contribution is 0.425. The maximum absolute atomic E-state index is 4.90. The van der Waals surface area contributed by atoms with Gasteiger partial charge in [0.2, 0.25) is 0 Å². The molecule has 1 N–H and O–H groups in total. The summed E-state index contributed by atoms with van der Waals surface area (Å²) in [6.07, 6.45) is 2.26. The third kappa shape index (κ3) is 5.62. The minimum absolute atomic E-state index is 0.162. The van der Waals surface area contributed by atoms with Crippen LogP contribution in [0.15, 0.2) is 0 Å². The molecule has 0 amide bonds. The van der Waals surface area contributed by atoms with Gasteiger partial charge in [-0.15, -0.1) is 11.3 Å². The highest BCUT2D eigenvalue weighted by atomic mass is 32.1. The molecule has 0 saturated carbocycles. The van der Waals surface area contributed by atoms with Crippen molar-refractivity contribution in [1.29, 1.82) is 0 Å². The summed E-state index contributed by atoms with van der Waals surface area (Å²) in [6, 6.07) is 0. The summed E-state index contributed by atoms with van der Waals surface area (Å²) in [7, 11) is 0. The lowest BCUT2D eigenvalue weighted by atomic mass is 10.1. The smallest absolute Gasteiger partial charge is 0.0959 e. The zero-order chi connectivity index (χ0) is 14.6. The van der Waals surface area contributed by atoms with Gasteiger partial charge in [0, 0.05) is 22.9 Å². The van der Waals surface area contributed by atoms with E-state index in [0.717, 1.165) is 13.0 Å². The van der Waals surface area contributed by atoms with E-state index in [0.29, 0.717) is 11.8 Å². The maximum atomic E-state index is 4.90. The van der Waals surface area contributed by atoms with Crippen LogP contribution in [0.3, 0.4) is 0 Å². The lowest BCUT2D eigenvalue weighted by Crippen LogP contribution is -2.35. The Bertz CT molecular complexity index is 388. The Labute approximate surface area is 123 Å². The van der Waals surface area contributed by atoms with Gasteiger partial charge in [-0.2, -0.15) is 0 Å². The van der Waals surface area contributed by atoms with Crippen LogP contribution < -0.4 is 5.32 Å². The molecule has 1 unspecified atom stereocenters. The SMILES string of the molecule is CCC(C)c1nc(CC(C)C)c(CNC(C)(C)C)s1. The van der Waals surface area contributed by atoms with Crippen LogP contribution >= 0.6 is 11.3 Å². The van der Waals surface area contributed by atoms with Crippen LogP contribution in [0.25, 0.3) is 0 Å². The van der Waals surface area contributed by atoms with E-state index in [1.807, 2.05) is 11.3 Å². The van der Waals surface area contributed by atoms with E-state index in [2.05, 4.69) is 53.8 Å². The Morgan fingerprint density at radius 3 is 2.32 bits per heavy atom. The topological polar surface area (TPSA) is 24.9 Å². The Morgan fingerprint density at radius 1 is 1.21 bits per heavy atom. The third-order valence-electron chi connectivity index (χ3n) is 3.21. The number of nitrogens with zero attached hydrogens (tertiary/aromatic N) is 1. The molecule has 1 aromatic heterocycles. The molecule has 0 saturated heterocycles. The van der Waals surface area contributed by atoms with Gasteiger partial charge in [0.1, 0.15) is 0 Å². The molecule has 0 aliphatic heterocycles. The summed E-state index contributed by atoms with van der Waals surface area (Å²) < 4.78 is 0. The predicted molar refractivity (Wildman–Crippen MR) is 86.0 cm³/mol. The molecule has 0 aliphatic rings. The minimum Gasteiger partial charge on any atom is -0.307 e. The summed E-state index contributed by atoms with van der Waals surface area (Å²) in [6.45, 7) is 16.6. The first-order valence-corrected chi connectivity index (χ1v) is 8.28. The van der Waals surface area contributed by atoms with E-state index < -0.39 is 0 Å². The number of hydrogen-bond acceptors (Lipinski definition) is 3. The van der Waals surface area contributed by atoms with Gasteiger partial charge in [-0.1, -0.05) is 27.7 Å². The lowest BCUT2D eigenvalue weighted by Gasteiger charge is -2.20. The second-order valence-electron chi connectivity index (χ2n) is 6.93. The van der Waals surface area contributed by atoms with Gasteiger partial charge in [0.15, 0.2) is 0 Å². The second-order valence-corrected chi connectivity index (χ2v) is 8.05. The van der Waals surface area contributed by atoms with Crippen molar-refractivity contribution in [3.63, 3.8) is 0 Å². The molecule has 0 spiro atoms. The number of rotatable bonds is 6. The van der Waals surface area contributed by atoms with E-state index in [1.165, 1.54) is 22.0 Å². The molecular formula is C16H30N2S. The normalized spacial score (nSPS) is 14.1. The Hall–Kier alpha value is -0.410. The molecule has 1 aromatic rings. The van der Waals surface area contributed by atoms with Gasteiger partial charge in [-0.3, -0.25) is 0 Å². The van der Waals surface area contributed by atoms with Gasteiger partial charge in [-0.25, -0.2) is 4.98 Å². The van der Waals surface area contributed by atoms with Crippen molar-refractivity contribution >= 4 is 11.3 Å². The van der Waals surface area contributed by atoms with Crippen LogP contribution in [0.2, 0.25) is 0 Å². The standard InChI is InChI=1S/C16H30N2S/c1-8-12(4)15-18-13(9-11(2)3)14(19-15)10-17-16(5,6)7/h11-12,17H,8-10H2,1-7H3. The fourth-order valence-electron chi connectivity index (χ4n) is 1.82. The fraction of sp³-hybridized carbons (Fsp3) is 0.812. The summed E-state index contributed by atoms with van der Waals surface area (Å²) in [5.41, 5.74) is 1.47. The molecule has 0 fully saturated rings. The molecule has 1 atom stereocenters. The quantitative estimate of drug-likeness (QED) is 0.815. The summed E-state index contributed by atoms with van der Waals surface area (Å²) in [4.78, 5) is 6.33. The molecule has 0 aromatic carbocycles.